The van der Waals surface area contributed by atoms with Gasteiger partial charge in [-0.3, -0.25) is 4.90 Å². The number of rotatable bonds is 4. The van der Waals surface area contributed by atoms with Crippen LogP contribution in [0.5, 0.6) is 0 Å². The molecule has 0 saturated carbocycles. The number of ether oxygens (including phenoxy) is 1. The quantitative estimate of drug-likeness (QED) is 0.832. The first-order valence-electron chi connectivity index (χ1n) is 7.70. The topological polar surface area (TPSA) is 24.5 Å². The van der Waals surface area contributed by atoms with Gasteiger partial charge in [0.2, 0.25) is 0 Å². The van der Waals surface area contributed by atoms with Crippen LogP contribution in [0.1, 0.15) is 40.5 Å². The Hall–Kier alpha value is -0.120. The molecule has 0 amide bonds. The number of hydrogen-bond donors (Lipinski definition) is 1. The van der Waals surface area contributed by atoms with Crippen molar-refractivity contribution in [2.75, 3.05) is 26.2 Å². The second-order valence-electron chi connectivity index (χ2n) is 6.40. The van der Waals surface area contributed by atoms with Crippen LogP contribution in [0.15, 0.2) is 0 Å². The lowest BCUT2D eigenvalue weighted by atomic mass is 9.94. The zero-order valence-corrected chi connectivity index (χ0v) is 12.5. The molecular formula is C15H30N2O. The third-order valence-corrected chi connectivity index (χ3v) is 4.80. The largest absolute Gasteiger partial charge is 0.378 e. The first-order valence-corrected chi connectivity index (χ1v) is 7.70. The van der Waals surface area contributed by atoms with Crippen molar-refractivity contribution in [1.82, 2.24) is 10.2 Å². The molecule has 4 atom stereocenters. The van der Waals surface area contributed by atoms with E-state index in [4.69, 9.17) is 4.74 Å². The minimum atomic E-state index is 0.452. The van der Waals surface area contributed by atoms with E-state index in [0.29, 0.717) is 18.2 Å². The maximum atomic E-state index is 5.71. The molecule has 0 spiro atoms. The van der Waals surface area contributed by atoms with Gasteiger partial charge in [0.15, 0.2) is 0 Å². The third kappa shape index (κ3) is 3.25. The first-order chi connectivity index (χ1) is 8.61. The molecule has 3 heteroatoms. The van der Waals surface area contributed by atoms with Gasteiger partial charge >= 0.3 is 0 Å². The van der Waals surface area contributed by atoms with E-state index in [-0.39, 0.29) is 0 Å². The molecule has 2 saturated heterocycles. The highest BCUT2D eigenvalue weighted by Gasteiger charge is 2.33. The van der Waals surface area contributed by atoms with Crippen molar-refractivity contribution in [3.63, 3.8) is 0 Å². The van der Waals surface area contributed by atoms with Gasteiger partial charge in [0.05, 0.1) is 6.10 Å². The molecule has 0 aromatic heterocycles. The van der Waals surface area contributed by atoms with Gasteiger partial charge in [-0.25, -0.2) is 0 Å². The lowest BCUT2D eigenvalue weighted by Gasteiger charge is -2.43. The van der Waals surface area contributed by atoms with Crippen LogP contribution >= 0.6 is 0 Å². The van der Waals surface area contributed by atoms with E-state index in [9.17, 15) is 0 Å². The van der Waals surface area contributed by atoms with E-state index in [2.05, 4.69) is 37.9 Å². The Morgan fingerprint density at radius 1 is 1.39 bits per heavy atom. The van der Waals surface area contributed by atoms with Gasteiger partial charge in [-0.05, 0) is 31.6 Å². The van der Waals surface area contributed by atoms with Crippen molar-refractivity contribution < 1.29 is 4.74 Å². The van der Waals surface area contributed by atoms with Gasteiger partial charge < -0.3 is 10.1 Å². The molecule has 2 heterocycles. The second kappa shape index (κ2) is 6.36. The van der Waals surface area contributed by atoms with Crippen LogP contribution in [0.4, 0.5) is 0 Å². The summed E-state index contributed by atoms with van der Waals surface area (Å²) in [4.78, 5) is 2.73. The predicted molar refractivity (Wildman–Crippen MR) is 75.8 cm³/mol. The summed E-state index contributed by atoms with van der Waals surface area (Å²) in [6.07, 6.45) is 2.93. The summed E-state index contributed by atoms with van der Waals surface area (Å²) in [6, 6.07) is 1.37. The molecular weight excluding hydrogens is 224 g/mol. The third-order valence-electron chi connectivity index (χ3n) is 4.80. The zero-order chi connectivity index (χ0) is 13.1. The fraction of sp³-hybridized carbons (Fsp3) is 1.00. The van der Waals surface area contributed by atoms with Crippen LogP contribution in [-0.4, -0.2) is 49.3 Å². The highest BCUT2D eigenvalue weighted by molar-refractivity contribution is 4.89. The predicted octanol–water partition coefficient (Wildman–Crippen LogP) is 2.12. The van der Waals surface area contributed by atoms with Gasteiger partial charge in [-0.2, -0.15) is 0 Å². The summed E-state index contributed by atoms with van der Waals surface area (Å²) >= 11 is 0. The van der Waals surface area contributed by atoms with Crippen molar-refractivity contribution >= 4 is 0 Å². The number of hydrogen-bond acceptors (Lipinski definition) is 3. The molecule has 2 aliphatic rings. The minimum Gasteiger partial charge on any atom is -0.378 e. The summed E-state index contributed by atoms with van der Waals surface area (Å²) in [5.74, 6) is 1.47. The van der Waals surface area contributed by atoms with Crippen LogP contribution in [-0.2, 0) is 4.74 Å². The molecule has 0 radical (unpaired) electrons. The van der Waals surface area contributed by atoms with E-state index in [0.717, 1.165) is 25.0 Å². The lowest BCUT2D eigenvalue weighted by Crippen LogP contribution is -2.59. The Kier molecular flexibility index (Phi) is 5.05. The van der Waals surface area contributed by atoms with Crippen molar-refractivity contribution in [1.29, 1.82) is 0 Å². The van der Waals surface area contributed by atoms with Gasteiger partial charge in [0.25, 0.3) is 0 Å². The zero-order valence-electron chi connectivity index (χ0n) is 12.5. The van der Waals surface area contributed by atoms with Crippen molar-refractivity contribution in [2.45, 2.75) is 58.7 Å². The SMILES string of the molecule is CCC1CN(CC2CCOC2C)C(C(C)C)CN1. The minimum absolute atomic E-state index is 0.452. The fourth-order valence-electron chi connectivity index (χ4n) is 3.36. The molecule has 0 aromatic rings. The van der Waals surface area contributed by atoms with Crippen LogP contribution in [0.2, 0.25) is 0 Å². The highest BCUT2D eigenvalue weighted by Crippen LogP contribution is 2.25. The van der Waals surface area contributed by atoms with E-state index in [1.165, 1.54) is 25.9 Å². The Labute approximate surface area is 112 Å². The Morgan fingerprint density at radius 2 is 2.17 bits per heavy atom. The van der Waals surface area contributed by atoms with Crippen molar-refractivity contribution in [3.05, 3.63) is 0 Å². The number of nitrogens with one attached hydrogen (secondary N) is 1. The van der Waals surface area contributed by atoms with E-state index in [1.807, 2.05) is 0 Å². The van der Waals surface area contributed by atoms with Crippen LogP contribution in [0.25, 0.3) is 0 Å². The smallest absolute Gasteiger partial charge is 0.0588 e. The van der Waals surface area contributed by atoms with Crippen LogP contribution in [0.3, 0.4) is 0 Å². The average molecular weight is 254 g/mol. The van der Waals surface area contributed by atoms with Crippen molar-refractivity contribution in [3.8, 4) is 0 Å². The van der Waals surface area contributed by atoms with Gasteiger partial charge in [0.1, 0.15) is 0 Å². The van der Waals surface area contributed by atoms with Gasteiger partial charge in [-0.15, -0.1) is 0 Å². The van der Waals surface area contributed by atoms with E-state index in [1.54, 1.807) is 0 Å². The Balaban J connectivity index is 1.95. The standard InChI is InChI=1S/C15H30N2O/c1-5-14-10-17(15(8-16-14)11(2)3)9-13-6-7-18-12(13)4/h11-16H,5-10H2,1-4H3. The summed E-state index contributed by atoms with van der Waals surface area (Å²) < 4.78 is 5.71. The number of piperazine rings is 1. The molecule has 106 valence electrons. The maximum absolute atomic E-state index is 5.71. The number of nitrogens with zero attached hydrogens (tertiary/aromatic N) is 1. The fourth-order valence-corrected chi connectivity index (χ4v) is 3.36. The summed E-state index contributed by atoms with van der Waals surface area (Å²) in [5.41, 5.74) is 0. The summed E-state index contributed by atoms with van der Waals surface area (Å²) in [7, 11) is 0. The van der Waals surface area contributed by atoms with Gasteiger partial charge in [-0.1, -0.05) is 20.8 Å². The molecule has 0 aliphatic carbocycles. The van der Waals surface area contributed by atoms with Crippen molar-refractivity contribution in [2.24, 2.45) is 11.8 Å². The first kappa shape index (κ1) is 14.3. The molecule has 0 aromatic carbocycles. The van der Waals surface area contributed by atoms with E-state index >= 15 is 0 Å². The highest BCUT2D eigenvalue weighted by atomic mass is 16.5. The molecule has 2 rings (SSSR count). The molecule has 1 N–H and O–H groups in total. The van der Waals surface area contributed by atoms with E-state index < -0.39 is 0 Å². The summed E-state index contributed by atoms with van der Waals surface area (Å²) in [6.45, 7) is 13.8. The molecule has 18 heavy (non-hydrogen) atoms. The molecule has 2 aliphatic heterocycles. The second-order valence-corrected chi connectivity index (χ2v) is 6.40. The lowest BCUT2D eigenvalue weighted by molar-refractivity contribution is 0.0531. The van der Waals surface area contributed by atoms with Crippen LogP contribution < -0.4 is 5.32 Å². The Morgan fingerprint density at radius 3 is 2.72 bits per heavy atom. The maximum Gasteiger partial charge on any atom is 0.0588 e. The normalized spacial score (nSPS) is 38.5. The molecule has 4 unspecified atom stereocenters. The summed E-state index contributed by atoms with van der Waals surface area (Å²) in [5, 5.41) is 3.69. The monoisotopic (exact) mass is 254 g/mol. The molecule has 0 bridgehead atoms. The Bertz CT molecular complexity index is 257. The average Bonchev–Trinajstić information content (AvgIpc) is 2.74. The van der Waals surface area contributed by atoms with Crippen LogP contribution in [0, 0.1) is 11.8 Å². The molecule has 3 nitrogen and oxygen atoms in total. The molecule has 2 fully saturated rings. The van der Waals surface area contributed by atoms with Gasteiger partial charge in [0, 0.05) is 38.3 Å².